The molecule has 0 amide bonds. The molecule has 0 radical (unpaired) electrons. The van der Waals surface area contributed by atoms with Gasteiger partial charge >= 0.3 is 5.97 Å². The van der Waals surface area contributed by atoms with Crippen LogP contribution in [0.1, 0.15) is 45.2 Å². The molecule has 1 atom stereocenters. The minimum absolute atomic E-state index is 0.212. The van der Waals surface area contributed by atoms with Gasteiger partial charge in [-0.15, -0.1) is 11.3 Å². The Kier molecular flexibility index (Phi) is 6.06. The molecule has 0 N–H and O–H groups in total. The second kappa shape index (κ2) is 8.48. The molecule has 0 saturated carbocycles. The number of ether oxygens (including phenoxy) is 1. The third-order valence-electron chi connectivity index (χ3n) is 4.69. The molecule has 0 spiro atoms. The maximum atomic E-state index is 13.1. The standard InChI is InChI=1S/C21H24N2O3S/c1-4-6-11-26-21(25)14(3)23-13-22-19-18(20(23)24)17(12-27-19)16-9-7-15(5-2)8-10-16/h7-10,12-14H,4-6,11H2,1-3H3. The fraction of sp³-hybridized carbons (Fsp3) is 0.381. The number of hydrogen-bond acceptors (Lipinski definition) is 5. The highest BCUT2D eigenvalue weighted by molar-refractivity contribution is 7.17. The molecule has 5 nitrogen and oxygen atoms in total. The first-order chi connectivity index (χ1) is 13.1. The minimum atomic E-state index is -0.707. The fourth-order valence-corrected chi connectivity index (χ4v) is 3.81. The van der Waals surface area contributed by atoms with Crippen LogP contribution in [0.4, 0.5) is 0 Å². The van der Waals surface area contributed by atoms with Gasteiger partial charge in [0, 0.05) is 10.9 Å². The van der Waals surface area contributed by atoms with E-state index in [1.165, 1.54) is 27.8 Å². The van der Waals surface area contributed by atoms with Crippen LogP contribution in [-0.4, -0.2) is 22.1 Å². The minimum Gasteiger partial charge on any atom is -0.464 e. The van der Waals surface area contributed by atoms with Crippen LogP contribution in [0.5, 0.6) is 0 Å². The summed E-state index contributed by atoms with van der Waals surface area (Å²) in [5.41, 5.74) is 2.87. The lowest BCUT2D eigenvalue weighted by Crippen LogP contribution is -2.29. The van der Waals surface area contributed by atoms with Gasteiger partial charge in [-0.25, -0.2) is 9.78 Å². The molecule has 27 heavy (non-hydrogen) atoms. The van der Waals surface area contributed by atoms with Crippen molar-refractivity contribution in [1.82, 2.24) is 9.55 Å². The summed E-state index contributed by atoms with van der Waals surface area (Å²) in [6.07, 6.45) is 4.17. The molecule has 0 aliphatic heterocycles. The second-order valence-corrected chi connectivity index (χ2v) is 7.39. The number of nitrogens with zero attached hydrogens (tertiary/aromatic N) is 2. The summed E-state index contributed by atoms with van der Waals surface area (Å²) in [7, 11) is 0. The van der Waals surface area contributed by atoms with Crippen LogP contribution in [-0.2, 0) is 16.0 Å². The lowest BCUT2D eigenvalue weighted by molar-refractivity contribution is -0.147. The number of aromatic nitrogens is 2. The molecule has 0 saturated heterocycles. The van der Waals surface area contributed by atoms with E-state index in [0.717, 1.165) is 30.4 Å². The van der Waals surface area contributed by atoms with Gasteiger partial charge in [-0.1, -0.05) is 44.5 Å². The van der Waals surface area contributed by atoms with Gasteiger partial charge in [0.25, 0.3) is 5.56 Å². The summed E-state index contributed by atoms with van der Waals surface area (Å²) in [5, 5.41) is 2.51. The Hall–Kier alpha value is -2.47. The molecule has 0 aliphatic rings. The summed E-state index contributed by atoms with van der Waals surface area (Å²) in [5.74, 6) is -0.407. The second-order valence-electron chi connectivity index (χ2n) is 6.53. The molecule has 3 rings (SSSR count). The molecule has 0 aliphatic carbocycles. The van der Waals surface area contributed by atoms with Crippen molar-refractivity contribution in [2.45, 2.75) is 46.1 Å². The smallest absolute Gasteiger partial charge is 0.328 e. The summed E-state index contributed by atoms with van der Waals surface area (Å²) in [4.78, 5) is 30.4. The molecule has 2 aromatic heterocycles. The van der Waals surface area contributed by atoms with Crippen molar-refractivity contribution >= 4 is 27.5 Å². The van der Waals surface area contributed by atoms with Gasteiger partial charge in [-0.05, 0) is 30.9 Å². The quantitative estimate of drug-likeness (QED) is 0.441. The van der Waals surface area contributed by atoms with E-state index in [0.29, 0.717) is 16.8 Å². The van der Waals surface area contributed by atoms with E-state index in [1.807, 2.05) is 24.4 Å². The first kappa shape index (κ1) is 19.3. The Morgan fingerprint density at radius 3 is 2.67 bits per heavy atom. The van der Waals surface area contributed by atoms with Crippen LogP contribution in [0.15, 0.2) is 40.8 Å². The van der Waals surface area contributed by atoms with Crippen LogP contribution >= 0.6 is 11.3 Å². The number of rotatable bonds is 7. The van der Waals surface area contributed by atoms with Gasteiger partial charge in [-0.2, -0.15) is 0 Å². The molecule has 1 unspecified atom stereocenters. The molecule has 6 heteroatoms. The zero-order valence-electron chi connectivity index (χ0n) is 15.9. The predicted octanol–water partition coefficient (Wildman–Crippen LogP) is 4.59. The van der Waals surface area contributed by atoms with E-state index in [4.69, 9.17) is 4.74 Å². The average molecular weight is 385 g/mol. The van der Waals surface area contributed by atoms with E-state index in [1.54, 1.807) is 6.92 Å². The van der Waals surface area contributed by atoms with Crippen LogP contribution in [0.2, 0.25) is 0 Å². The molecule has 2 heterocycles. The number of esters is 1. The molecule has 1 aromatic carbocycles. The summed E-state index contributed by atoms with van der Waals surface area (Å²) in [6.45, 7) is 6.19. The van der Waals surface area contributed by atoms with Crippen molar-refractivity contribution in [3.8, 4) is 11.1 Å². The first-order valence-electron chi connectivity index (χ1n) is 9.31. The van der Waals surface area contributed by atoms with Crippen LogP contribution in [0, 0.1) is 0 Å². The van der Waals surface area contributed by atoms with E-state index in [9.17, 15) is 9.59 Å². The Morgan fingerprint density at radius 2 is 2.00 bits per heavy atom. The van der Waals surface area contributed by atoms with Gasteiger partial charge in [0.2, 0.25) is 0 Å². The van der Waals surface area contributed by atoms with Crippen LogP contribution in [0.3, 0.4) is 0 Å². The van der Waals surface area contributed by atoms with Gasteiger partial charge in [0.15, 0.2) is 0 Å². The zero-order valence-corrected chi connectivity index (χ0v) is 16.7. The Balaban J connectivity index is 1.98. The first-order valence-corrected chi connectivity index (χ1v) is 10.2. The summed E-state index contributed by atoms with van der Waals surface area (Å²) < 4.78 is 6.63. The zero-order chi connectivity index (χ0) is 19.4. The fourth-order valence-electron chi connectivity index (χ4n) is 2.91. The highest BCUT2D eigenvalue weighted by atomic mass is 32.1. The lowest BCUT2D eigenvalue weighted by Gasteiger charge is -2.14. The van der Waals surface area contributed by atoms with Crippen molar-refractivity contribution in [3.05, 3.63) is 51.9 Å². The molecular weight excluding hydrogens is 360 g/mol. The maximum absolute atomic E-state index is 13.1. The van der Waals surface area contributed by atoms with Gasteiger partial charge < -0.3 is 4.74 Å². The van der Waals surface area contributed by atoms with E-state index in [-0.39, 0.29) is 5.56 Å². The number of carbonyl (C=O) groups is 1. The molecule has 0 bridgehead atoms. The number of hydrogen-bond donors (Lipinski definition) is 0. The van der Waals surface area contributed by atoms with E-state index < -0.39 is 12.0 Å². The topological polar surface area (TPSA) is 61.2 Å². The Bertz CT molecular complexity index is 989. The van der Waals surface area contributed by atoms with Crippen molar-refractivity contribution in [1.29, 1.82) is 0 Å². The van der Waals surface area contributed by atoms with Crippen molar-refractivity contribution < 1.29 is 9.53 Å². The van der Waals surface area contributed by atoms with Gasteiger partial charge in [0.05, 0.1) is 18.3 Å². The normalized spacial score (nSPS) is 12.3. The maximum Gasteiger partial charge on any atom is 0.328 e. The van der Waals surface area contributed by atoms with Crippen LogP contribution < -0.4 is 5.56 Å². The van der Waals surface area contributed by atoms with E-state index >= 15 is 0 Å². The van der Waals surface area contributed by atoms with Crippen molar-refractivity contribution in [3.63, 3.8) is 0 Å². The Morgan fingerprint density at radius 1 is 1.26 bits per heavy atom. The van der Waals surface area contributed by atoms with Gasteiger partial charge in [0.1, 0.15) is 10.9 Å². The monoisotopic (exact) mass is 384 g/mol. The highest BCUT2D eigenvalue weighted by Gasteiger charge is 2.21. The van der Waals surface area contributed by atoms with Gasteiger partial charge in [-0.3, -0.25) is 9.36 Å². The largest absolute Gasteiger partial charge is 0.464 e. The Labute approximate surface area is 162 Å². The number of aryl methyl sites for hydroxylation is 1. The third kappa shape index (κ3) is 3.95. The molecule has 0 fully saturated rings. The highest BCUT2D eigenvalue weighted by Crippen LogP contribution is 2.31. The molecule has 142 valence electrons. The van der Waals surface area contributed by atoms with E-state index in [2.05, 4.69) is 24.0 Å². The number of unbranched alkanes of at least 4 members (excludes halogenated alkanes) is 1. The summed E-state index contributed by atoms with van der Waals surface area (Å²) >= 11 is 1.44. The third-order valence-corrected chi connectivity index (χ3v) is 5.58. The van der Waals surface area contributed by atoms with Crippen LogP contribution in [0.25, 0.3) is 21.3 Å². The number of carbonyl (C=O) groups excluding carboxylic acids is 1. The number of thiophene rings is 1. The van der Waals surface area contributed by atoms with Crippen molar-refractivity contribution in [2.75, 3.05) is 6.61 Å². The number of fused-ring (bicyclic) bond motifs is 1. The predicted molar refractivity (Wildman–Crippen MR) is 109 cm³/mol. The van der Waals surface area contributed by atoms with Crippen molar-refractivity contribution in [2.24, 2.45) is 0 Å². The lowest BCUT2D eigenvalue weighted by atomic mass is 10.0. The molecular formula is C21H24N2O3S. The average Bonchev–Trinajstić information content (AvgIpc) is 3.13. The number of benzene rings is 1. The SMILES string of the molecule is CCCCOC(=O)C(C)n1cnc2scc(-c3ccc(CC)cc3)c2c1=O. The molecule has 3 aromatic rings. The summed E-state index contributed by atoms with van der Waals surface area (Å²) in [6, 6.07) is 7.49.